The Morgan fingerprint density at radius 1 is 0.521 bits per heavy atom. The smallest absolute Gasteiger partial charge is 0.303 e. The Bertz CT molecular complexity index is 822. The molecule has 1 heterocycles. The molecule has 5 N–H and O–H groups in total. The zero-order valence-corrected chi connectivity index (χ0v) is 31.3. The van der Waals surface area contributed by atoms with Gasteiger partial charge in [-0.3, -0.25) is 14.6 Å². The fourth-order valence-electron chi connectivity index (χ4n) is 5.58. The molecule has 0 unspecified atom stereocenters. The summed E-state index contributed by atoms with van der Waals surface area (Å²) in [5.41, 5.74) is 1.27. The summed E-state index contributed by atoms with van der Waals surface area (Å²) in [7, 11) is 0. The van der Waals surface area contributed by atoms with Crippen LogP contribution < -0.4 is 0 Å². The van der Waals surface area contributed by atoms with Crippen molar-refractivity contribution in [3.8, 4) is 5.75 Å². The fraction of sp³-hybridized carbons (Fsp3) is 0.825. The average molecular weight is 682 g/mol. The van der Waals surface area contributed by atoms with Crippen LogP contribution in [0.25, 0.3) is 0 Å². The van der Waals surface area contributed by atoms with Crippen molar-refractivity contribution in [3.63, 3.8) is 0 Å². The molecule has 0 aromatic carbocycles. The number of aliphatic hydroxyl groups excluding tert-OH is 2. The lowest BCUT2D eigenvalue weighted by Gasteiger charge is -2.07. The van der Waals surface area contributed by atoms with Gasteiger partial charge in [-0.25, -0.2) is 0 Å². The van der Waals surface area contributed by atoms with E-state index in [9.17, 15) is 14.7 Å². The number of carboxylic acids is 2. The number of hydrogen-bond acceptors (Lipinski definition) is 6. The van der Waals surface area contributed by atoms with Gasteiger partial charge >= 0.3 is 11.9 Å². The zero-order valence-electron chi connectivity index (χ0n) is 31.3. The minimum Gasteiger partial charge on any atom is -0.506 e. The van der Waals surface area contributed by atoms with Crippen LogP contribution in [0.5, 0.6) is 5.75 Å². The Labute approximate surface area is 294 Å². The van der Waals surface area contributed by atoms with Crippen molar-refractivity contribution in [2.45, 2.75) is 214 Å². The first-order valence-electron chi connectivity index (χ1n) is 19.6. The number of carboxylic acid groups (broad SMARTS) is 2. The maximum Gasteiger partial charge on any atom is 0.303 e. The Balaban J connectivity index is 0. The van der Waals surface area contributed by atoms with Gasteiger partial charge in [-0.1, -0.05) is 168 Å². The lowest BCUT2D eigenvalue weighted by atomic mass is 10.0. The average Bonchev–Trinajstić information content (AvgIpc) is 3.07. The van der Waals surface area contributed by atoms with Gasteiger partial charge < -0.3 is 25.5 Å². The molecule has 0 saturated carbocycles. The van der Waals surface area contributed by atoms with Crippen LogP contribution >= 0.6 is 0 Å². The lowest BCUT2D eigenvalue weighted by molar-refractivity contribution is -0.138. The summed E-state index contributed by atoms with van der Waals surface area (Å²) in [4.78, 5) is 24.4. The summed E-state index contributed by atoms with van der Waals surface area (Å²) in [6, 6.07) is 0. The molecule has 48 heavy (non-hydrogen) atoms. The van der Waals surface area contributed by atoms with Crippen molar-refractivity contribution in [3.05, 3.63) is 23.0 Å². The molecule has 0 amide bonds. The van der Waals surface area contributed by atoms with Crippen molar-refractivity contribution in [2.24, 2.45) is 0 Å². The monoisotopic (exact) mass is 682 g/mol. The van der Waals surface area contributed by atoms with E-state index in [1.54, 1.807) is 6.92 Å². The number of pyridine rings is 1. The third kappa shape index (κ3) is 33.7. The van der Waals surface area contributed by atoms with E-state index in [0.717, 1.165) is 25.7 Å². The van der Waals surface area contributed by atoms with Crippen molar-refractivity contribution in [1.82, 2.24) is 4.98 Å². The third-order valence-electron chi connectivity index (χ3n) is 8.75. The summed E-state index contributed by atoms with van der Waals surface area (Å²) >= 11 is 0. The quantitative estimate of drug-likeness (QED) is 0.0504. The summed E-state index contributed by atoms with van der Waals surface area (Å²) in [6.45, 7) is 5.64. The highest BCUT2D eigenvalue weighted by molar-refractivity contribution is 5.66. The largest absolute Gasteiger partial charge is 0.506 e. The Kier molecular flexibility index (Phi) is 37.6. The topological polar surface area (TPSA) is 148 Å². The predicted octanol–water partition coefficient (Wildman–Crippen LogP) is 11.2. The molecule has 282 valence electrons. The number of aromatic nitrogens is 1. The van der Waals surface area contributed by atoms with Gasteiger partial charge in [0.05, 0.1) is 18.9 Å². The van der Waals surface area contributed by atoms with Crippen LogP contribution in [0.15, 0.2) is 6.20 Å². The molecule has 0 bridgehead atoms. The molecule has 1 rings (SSSR count). The molecule has 0 aliphatic rings. The zero-order chi connectivity index (χ0) is 36.1. The summed E-state index contributed by atoms with van der Waals surface area (Å²) in [5.74, 6) is -1.35. The first-order chi connectivity index (χ1) is 23.2. The lowest BCUT2D eigenvalue weighted by Crippen LogP contribution is -1.98. The molecule has 0 saturated heterocycles. The number of hydrogen-bond donors (Lipinski definition) is 5. The molecule has 8 heteroatoms. The van der Waals surface area contributed by atoms with Crippen LogP contribution in [0.2, 0.25) is 0 Å². The summed E-state index contributed by atoms with van der Waals surface area (Å²) in [5, 5.41) is 44.0. The number of aliphatic hydroxyl groups is 2. The standard InChI is InChI=1S/2C16H32O2.C8H11NO3/c2*1-2-3-4-5-6-7-8-9-10-11-12-13-14-15-16(17)18;1-5-8(12)7(4-11)6(3-10)2-9-5/h2*2-15H2,1H3,(H,17,18);2,10-12H,3-4H2,1H3. The number of nitrogens with zero attached hydrogens (tertiary/aromatic N) is 1. The van der Waals surface area contributed by atoms with Gasteiger partial charge in [-0.2, -0.15) is 0 Å². The Hall–Kier alpha value is -2.19. The number of unbranched alkanes of at least 4 members (excludes halogenated alkanes) is 24. The van der Waals surface area contributed by atoms with Crippen LogP contribution in [0.1, 0.15) is 210 Å². The number of aromatic hydroxyl groups is 1. The Morgan fingerprint density at radius 2 is 0.812 bits per heavy atom. The molecular formula is C40H75NO7. The molecule has 0 aliphatic carbocycles. The van der Waals surface area contributed by atoms with Gasteiger partial charge in [0.15, 0.2) is 0 Å². The van der Waals surface area contributed by atoms with Crippen LogP contribution in [-0.2, 0) is 22.8 Å². The highest BCUT2D eigenvalue weighted by Gasteiger charge is 2.09. The second-order valence-electron chi connectivity index (χ2n) is 13.3. The van der Waals surface area contributed by atoms with Gasteiger partial charge in [0.1, 0.15) is 5.75 Å². The van der Waals surface area contributed by atoms with Crippen molar-refractivity contribution in [1.29, 1.82) is 0 Å². The van der Waals surface area contributed by atoms with Crippen LogP contribution in [-0.4, -0.2) is 42.5 Å². The van der Waals surface area contributed by atoms with Gasteiger partial charge in [0, 0.05) is 30.2 Å². The highest BCUT2D eigenvalue weighted by Crippen LogP contribution is 2.23. The number of carbonyl (C=O) groups is 2. The highest BCUT2D eigenvalue weighted by atomic mass is 16.4. The minimum absolute atomic E-state index is 0.0379. The first-order valence-corrected chi connectivity index (χ1v) is 19.6. The SMILES string of the molecule is CCCCCCCCCCCCCCCC(=O)O.CCCCCCCCCCCCCCCC(=O)O.Cc1ncc(CO)c(CO)c1O. The normalized spacial score (nSPS) is 10.6. The molecular weight excluding hydrogens is 606 g/mol. The Morgan fingerprint density at radius 3 is 1.06 bits per heavy atom. The number of aliphatic carboxylic acids is 2. The number of rotatable bonds is 30. The maximum absolute atomic E-state index is 10.3. The van der Waals surface area contributed by atoms with E-state index < -0.39 is 11.9 Å². The van der Waals surface area contributed by atoms with E-state index >= 15 is 0 Å². The van der Waals surface area contributed by atoms with Gasteiger partial charge in [-0.05, 0) is 19.8 Å². The molecule has 1 aromatic heterocycles. The van der Waals surface area contributed by atoms with Crippen LogP contribution in [0.3, 0.4) is 0 Å². The van der Waals surface area contributed by atoms with E-state index in [4.69, 9.17) is 20.4 Å². The van der Waals surface area contributed by atoms with Crippen molar-refractivity contribution >= 4 is 11.9 Å². The molecule has 0 atom stereocenters. The van der Waals surface area contributed by atoms with Crippen molar-refractivity contribution < 1.29 is 35.1 Å². The van der Waals surface area contributed by atoms with Gasteiger partial charge in [0.2, 0.25) is 0 Å². The van der Waals surface area contributed by atoms with E-state index in [-0.39, 0.29) is 19.0 Å². The fourth-order valence-corrected chi connectivity index (χ4v) is 5.58. The second-order valence-corrected chi connectivity index (χ2v) is 13.3. The minimum atomic E-state index is -0.655. The molecule has 8 nitrogen and oxygen atoms in total. The third-order valence-corrected chi connectivity index (χ3v) is 8.75. The number of aryl methyl sites for hydroxylation is 1. The maximum atomic E-state index is 10.3. The van der Waals surface area contributed by atoms with E-state index in [1.165, 1.54) is 147 Å². The molecule has 0 fully saturated rings. The molecule has 0 aliphatic heterocycles. The van der Waals surface area contributed by atoms with E-state index in [2.05, 4.69) is 18.8 Å². The van der Waals surface area contributed by atoms with E-state index in [1.807, 2.05) is 0 Å². The summed E-state index contributed by atoms with van der Waals surface area (Å²) < 4.78 is 0. The van der Waals surface area contributed by atoms with Crippen molar-refractivity contribution in [2.75, 3.05) is 0 Å². The molecule has 0 spiro atoms. The summed E-state index contributed by atoms with van der Waals surface area (Å²) in [6.07, 6.45) is 36.0. The predicted molar refractivity (Wildman–Crippen MR) is 198 cm³/mol. The first kappa shape index (κ1) is 47.9. The van der Waals surface area contributed by atoms with Gasteiger partial charge in [-0.15, -0.1) is 0 Å². The van der Waals surface area contributed by atoms with E-state index in [0.29, 0.717) is 29.7 Å². The van der Waals surface area contributed by atoms with Crippen LogP contribution in [0.4, 0.5) is 0 Å². The van der Waals surface area contributed by atoms with Gasteiger partial charge in [0.25, 0.3) is 0 Å². The van der Waals surface area contributed by atoms with Crippen LogP contribution in [0, 0.1) is 6.92 Å². The molecule has 1 aromatic rings. The second kappa shape index (κ2) is 37.6. The molecule has 0 radical (unpaired) electrons.